The van der Waals surface area contributed by atoms with Gasteiger partial charge in [0.05, 0.1) is 44.3 Å². The molecule has 3 fully saturated rings. The number of nitrogens with zero attached hydrogens (tertiary/aromatic N) is 2. The minimum absolute atomic E-state index is 0.0428. The predicted molar refractivity (Wildman–Crippen MR) is 117 cm³/mol. The number of halogens is 1. The molecule has 2 amide bonds. The van der Waals surface area contributed by atoms with Crippen LogP contribution >= 0.6 is 0 Å². The Morgan fingerprint density at radius 1 is 1.27 bits per heavy atom. The number of fused-ring (bicyclic) bond motifs is 1. The third kappa shape index (κ3) is 5.19. The molecule has 0 spiro atoms. The van der Waals surface area contributed by atoms with Gasteiger partial charge in [-0.1, -0.05) is 0 Å². The average Bonchev–Trinajstić information content (AvgIpc) is 3.09. The number of amides is 2. The molecular formula is C22H29FN4O6. The molecule has 3 aliphatic rings. The number of aliphatic hydroxyl groups is 1. The number of benzene rings is 1. The van der Waals surface area contributed by atoms with Crippen LogP contribution in [0, 0.1) is 29.0 Å². The number of piperidine rings is 1. The minimum atomic E-state index is -0.567. The molecule has 4 rings (SSSR count). The van der Waals surface area contributed by atoms with Crippen LogP contribution in [0.4, 0.5) is 20.6 Å². The standard InChI is InChI=1S/C22H29FN4O6/c1-13(29)25-9-15-10-27(22(30)33-15)14-2-3-19(18(23)8-14)26-11-16-17(12-26)20(16)21(24)32-7-6-31-5-4-28/h2-3,8,15-17,20,24,28H,4-7,9-12H2,1H3,(H,25,29)/t15-,16-,17+,20?/m0/s1. The number of ether oxygens (including phenoxy) is 3. The molecule has 1 saturated carbocycles. The van der Waals surface area contributed by atoms with E-state index in [9.17, 15) is 14.0 Å². The molecule has 11 heteroatoms. The van der Waals surface area contributed by atoms with E-state index in [1.807, 2.05) is 4.90 Å². The van der Waals surface area contributed by atoms with Crippen molar-refractivity contribution < 1.29 is 33.3 Å². The highest BCUT2D eigenvalue weighted by atomic mass is 19.1. The Bertz CT molecular complexity index is 903. The molecule has 4 atom stereocenters. The lowest BCUT2D eigenvalue weighted by Gasteiger charge is -2.24. The van der Waals surface area contributed by atoms with Crippen molar-refractivity contribution in [2.24, 2.45) is 17.8 Å². The van der Waals surface area contributed by atoms with Gasteiger partial charge in [-0.3, -0.25) is 15.1 Å². The summed E-state index contributed by atoms with van der Waals surface area (Å²) in [6.45, 7) is 3.93. The summed E-state index contributed by atoms with van der Waals surface area (Å²) >= 11 is 0. The van der Waals surface area contributed by atoms with Crippen LogP contribution in [-0.2, 0) is 19.0 Å². The van der Waals surface area contributed by atoms with Crippen LogP contribution in [0.2, 0.25) is 0 Å². The van der Waals surface area contributed by atoms with Gasteiger partial charge in [0.25, 0.3) is 0 Å². The molecule has 33 heavy (non-hydrogen) atoms. The number of aliphatic hydroxyl groups excluding tert-OH is 1. The third-order valence-corrected chi connectivity index (χ3v) is 6.25. The van der Waals surface area contributed by atoms with E-state index in [-0.39, 0.29) is 62.5 Å². The highest BCUT2D eigenvalue weighted by Crippen LogP contribution is 2.53. The van der Waals surface area contributed by atoms with E-state index in [0.717, 1.165) is 0 Å². The number of anilines is 2. The monoisotopic (exact) mass is 464 g/mol. The first-order valence-electron chi connectivity index (χ1n) is 11.1. The Morgan fingerprint density at radius 3 is 2.70 bits per heavy atom. The second kappa shape index (κ2) is 9.92. The van der Waals surface area contributed by atoms with Gasteiger partial charge in [-0.2, -0.15) is 0 Å². The first kappa shape index (κ1) is 23.2. The maximum absolute atomic E-state index is 14.9. The fourth-order valence-corrected chi connectivity index (χ4v) is 4.60. The van der Waals surface area contributed by atoms with Crippen LogP contribution in [0.5, 0.6) is 0 Å². The molecule has 1 unspecified atom stereocenters. The summed E-state index contributed by atoms with van der Waals surface area (Å²) in [6.07, 6.45) is -1.05. The van der Waals surface area contributed by atoms with Gasteiger partial charge in [-0.15, -0.1) is 0 Å². The zero-order chi connectivity index (χ0) is 23.5. The van der Waals surface area contributed by atoms with Gasteiger partial charge in [0.1, 0.15) is 18.5 Å². The SMILES string of the molecule is CC(=O)NC[C@H]1CN(c2ccc(N3C[C@@H]4C(C(=N)OCCOCCO)[C@@H]4C3)c(F)c2)C(=O)O1. The molecular weight excluding hydrogens is 435 g/mol. The quantitative estimate of drug-likeness (QED) is 0.268. The summed E-state index contributed by atoms with van der Waals surface area (Å²) in [4.78, 5) is 26.5. The molecule has 1 aromatic carbocycles. The second-order valence-electron chi connectivity index (χ2n) is 8.50. The summed E-state index contributed by atoms with van der Waals surface area (Å²) in [6, 6.07) is 4.69. The lowest BCUT2D eigenvalue weighted by atomic mass is 10.2. The molecule has 2 saturated heterocycles. The van der Waals surface area contributed by atoms with Gasteiger partial charge in [-0.05, 0) is 30.0 Å². The summed E-state index contributed by atoms with van der Waals surface area (Å²) in [7, 11) is 0. The predicted octanol–water partition coefficient (Wildman–Crippen LogP) is 0.972. The van der Waals surface area contributed by atoms with Gasteiger partial charge in [0.15, 0.2) is 5.90 Å². The van der Waals surface area contributed by atoms with Crippen molar-refractivity contribution in [2.45, 2.75) is 13.0 Å². The van der Waals surface area contributed by atoms with Crippen molar-refractivity contribution in [3.05, 3.63) is 24.0 Å². The summed E-state index contributed by atoms with van der Waals surface area (Å²) in [5.74, 6) is 0.196. The Balaban J connectivity index is 1.28. The van der Waals surface area contributed by atoms with Crippen LogP contribution in [0.25, 0.3) is 0 Å². The Kier molecular flexibility index (Phi) is 6.99. The van der Waals surface area contributed by atoms with Gasteiger partial charge < -0.3 is 29.5 Å². The van der Waals surface area contributed by atoms with E-state index >= 15 is 0 Å². The van der Waals surface area contributed by atoms with Crippen LogP contribution in [-0.4, -0.2) is 81.7 Å². The van der Waals surface area contributed by atoms with Gasteiger partial charge in [0, 0.05) is 25.9 Å². The first-order chi connectivity index (χ1) is 15.9. The zero-order valence-electron chi connectivity index (χ0n) is 18.5. The van der Waals surface area contributed by atoms with Crippen molar-refractivity contribution in [3.8, 4) is 0 Å². The highest BCUT2D eigenvalue weighted by Gasteiger charge is 2.59. The third-order valence-electron chi connectivity index (χ3n) is 6.25. The number of cyclic esters (lactones) is 1. The summed E-state index contributed by atoms with van der Waals surface area (Å²) in [5.41, 5.74) is 0.879. The fraction of sp³-hybridized carbons (Fsp3) is 0.591. The zero-order valence-corrected chi connectivity index (χ0v) is 18.5. The van der Waals surface area contributed by atoms with Crippen molar-refractivity contribution >= 4 is 29.3 Å². The Morgan fingerprint density at radius 2 is 2.03 bits per heavy atom. The smallest absolute Gasteiger partial charge is 0.414 e. The topological polar surface area (TPSA) is 124 Å². The number of nitrogens with one attached hydrogen (secondary N) is 2. The molecule has 1 aliphatic carbocycles. The highest BCUT2D eigenvalue weighted by molar-refractivity contribution is 5.90. The maximum Gasteiger partial charge on any atom is 0.414 e. The second-order valence-corrected chi connectivity index (χ2v) is 8.50. The number of carbonyl (C=O) groups excluding carboxylic acids is 2. The van der Waals surface area contributed by atoms with Crippen LogP contribution in [0.1, 0.15) is 6.92 Å². The van der Waals surface area contributed by atoms with E-state index in [1.165, 1.54) is 17.9 Å². The van der Waals surface area contributed by atoms with Crippen molar-refractivity contribution in [1.29, 1.82) is 5.41 Å². The molecule has 0 radical (unpaired) electrons. The maximum atomic E-state index is 14.9. The Labute approximate surface area is 191 Å². The number of hydrogen-bond acceptors (Lipinski definition) is 8. The van der Waals surface area contributed by atoms with E-state index in [0.29, 0.717) is 31.1 Å². The van der Waals surface area contributed by atoms with Gasteiger partial charge in [-0.25, -0.2) is 9.18 Å². The molecule has 1 aromatic rings. The first-order valence-corrected chi connectivity index (χ1v) is 11.1. The molecule has 0 aromatic heterocycles. The van der Waals surface area contributed by atoms with E-state index in [4.69, 9.17) is 24.7 Å². The largest absolute Gasteiger partial charge is 0.478 e. The lowest BCUT2D eigenvalue weighted by molar-refractivity contribution is -0.119. The summed E-state index contributed by atoms with van der Waals surface area (Å²) < 4.78 is 30.7. The molecule has 0 bridgehead atoms. The van der Waals surface area contributed by atoms with E-state index in [2.05, 4.69) is 5.32 Å². The fourth-order valence-electron chi connectivity index (χ4n) is 4.60. The average molecular weight is 464 g/mol. The van der Waals surface area contributed by atoms with Crippen molar-refractivity contribution in [2.75, 3.05) is 62.4 Å². The minimum Gasteiger partial charge on any atom is -0.478 e. The molecule has 10 nitrogen and oxygen atoms in total. The molecule has 2 heterocycles. The molecule has 3 N–H and O–H groups in total. The van der Waals surface area contributed by atoms with Crippen molar-refractivity contribution in [1.82, 2.24) is 5.32 Å². The van der Waals surface area contributed by atoms with Crippen LogP contribution in [0.15, 0.2) is 18.2 Å². The number of rotatable bonds is 10. The molecule has 180 valence electrons. The Hall–Kier alpha value is -2.92. The van der Waals surface area contributed by atoms with Crippen LogP contribution < -0.4 is 15.1 Å². The molecule has 2 aliphatic heterocycles. The van der Waals surface area contributed by atoms with Crippen molar-refractivity contribution in [3.63, 3.8) is 0 Å². The normalized spacial score (nSPS) is 25.6. The van der Waals surface area contributed by atoms with Gasteiger partial charge >= 0.3 is 6.09 Å². The lowest BCUT2D eigenvalue weighted by Crippen LogP contribution is -2.33. The summed E-state index contributed by atoms with van der Waals surface area (Å²) in [5, 5.41) is 19.4. The van der Waals surface area contributed by atoms with Crippen LogP contribution in [0.3, 0.4) is 0 Å². The van der Waals surface area contributed by atoms with E-state index < -0.39 is 18.0 Å². The van der Waals surface area contributed by atoms with E-state index in [1.54, 1.807) is 12.1 Å². The number of carbonyl (C=O) groups is 2. The number of hydrogen-bond donors (Lipinski definition) is 3. The van der Waals surface area contributed by atoms with Gasteiger partial charge in [0.2, 0.25) is 5.91 Å².